The number of hydrogen-bond donors (Lipinski definition) is 0. The molecule has 0 bridgehead atoms. The van der Waals surface area contributed by atoms with Gasteiger partial charge in [0.25, 0.3) is 0 Å². The van der Waals surface area contributed by atoms with Crippen LogP contribution in [0.5, 0.6) is 0 Å². The summed E-state index contributed by atoms with van der Waals surface area (Å²) in [5.41, 5.74) is 0.943. The lowest BCUT2D eigenvalue weighted by molar-refractivity contribution is -0.156. The van der Waals surface area contributed by atoms with Crippen LogP contribution in [0.4, 0.5) is 0 Å². The maximum Gasteiger partial charge on any atom is 0.309 e. The maximum atomic E-state index is 12.6. The summed E-state index contributed by atoms with van der Waals surface area (Å²) in [7, 11) is 1.39. The first-order valence-corrected chi connectivity index (χ1v) is 9.16. The van der Waals surface area contributed by atoms with E-state index in [2.05, 4.69) is 13.2 Å². The fourth-order valence-corrected chi connectivity index (χ4v) is 2.54. The van der Waals surface area contributed by atoms with E-state index in [1.807, 2.05) is 43.3 Å². The highest BCUT2D eigenvalue weighted by molar-refractivity contribution is 5.92. The minimum Gasteiger partial charge on any atom is -0.463 e. The molecule has 0 aliphatic heterocycles. The van der Waals surface area contributed by atoms with Gasteiger partial charge in [-0.3, -0.25) is 9.59 Å². The number of ketones is 1. The Balaban J connectivity index is 2.53. The van der Waals surface area contributed by atoms with Crippen molar-refractivity contribution >= 4 is 11.8 Å². The number of hydrogen-bond acceptors (Lipinski definition) is 5. The smallest absolute Gasteiger partial charge is 0.309 e. The summed E-state index contributed by atoms with van der Waals surface area (Å²) in [6.07, 6.45) is 3.62. The van der Waals surface area contributed by atoms with Crippen molar-refractivity contribution in [3.63, 3.8) is 0 Å². The minimum atomic E-state index is -0.934. The molecule has 1 aromatic carbocycles. The Morgan fingerprint density at radius 1 is 1.19 bits per heavy atom. The fraction of sp³-hybridized carbons (Fsp3) is 0.455. The Morgan fingerprint density at radius 3 is 2.48 bits per heavy atom. The van der Waals surface area contributed by atoms with Gasteiger partial charge in [0.2, 0.25) is 0 Å². The normalized spacial score (nSPS) is 14.0. The van der Waals surface area contributed by atoms with E-state index in [-0.39, 0.29) is 24.9 Å². The van der Waals surface area contributed by atoms with Crippen LogP contribution in [0.15, 0.2) is 55.6 Å². The number of rotatable bonds is 14. The third kappa shape index (κ3) is 8.80. The molecular weight excluding hydrogens is 344 g/mol. The zero-order chi connectivity index (χ0) is 20.1. The number of allylic oxidation sites excluding steroid dienone is 1. The van der Waals surface area contributed by atoms with Crippen molar-refractivity contribution < 1.29 is 23.8 Å². The molecule has 0 aromatic heterocycles. The largest absolute Gasteiger partial charge is 0.463 e. The lowest BCUT2D eigenvalue weighted by Crippen LogP contribution is -2.36. The Hall–Kier alpha value is -2.24. The lowest BCUT2D eigenvalue weighted by Gasteiger charge is -2.20. The molecule has 1 rings (SSSR count). The monoisotopic (exact) mass is 374 g/mol. The van der Waals surface area contributed by atoms with E-state index >= 15 is 0 Å². The van der Waals surface area contributed by atoms with Gasteiger partial charge in [-0.2, -0.15) is 0 Å². The summed E-state index contributed by atoms with van der Waals surface area (Å²) >= 11 is 0. The van der Waals surface area contributed by atoms with Crippen LogP contribution in [-0.4, -0.2) is 37.2 Å². The standard InChI is InChI=1S/C22H30O5/c1-5-7-9-12-17(3)27-21(23)15-20(25-4)22(24)19(6-2)26-16-18-13-10-8-11-14-18/h5-6,8,10-11,13-14,17,19-20H,1-2,7,9,12,15-16H2,3-4H3/t17-,19-,20+/m0/s1. The highest BCUT2D eigenvalue weighted by atomic mass is 16.5. The average Bonchev–Trinajstić information content (AvgIpc) is 2.67. The summed E-state index contributed by atoms with van der Waals surface area (Å²) in [6, 6.07) is 9.51. The minimum absolute atomic E-state index is 0.153. The number of methoxy groups -OCH3 is 1. The SMILES string of the molecule is C=CCCC[C@H](C)OC(=O)C[C@@H](OC)C(=O)[C@H](C=C)OCc1ccccc1. The molecule has 0 amide bonds. The molecule has 5 heteroatoms. The van der Waals surface area contributed by atoms with Crippen molar-refractivity contribution in [3.8, 4) is 0 Å². The Morgan fingerprint density at radius 2 is 1.89 bits per heavy atom. The van der Waals surface area contributed by atoms with Crippen LogP contribution in [0.2, 0.25) is 0 Å². The third-order valence-electron chi connectivity index (χ3n) is 4.07. The van der Waals surface area contributed by atoms with Gasteiger partial charge >= 0.3 is 5.97 Å². The van der Waals surface area contributed by atoms with Gasteiger partial charge in [0, 0.05) is 7.11 Å². The first-order chi connectivity index (χ1) is 13.0. The molecule has 0 spiro atoms. The molecule has 1 aromatic rings. The van der Waals surface area contributed by atoms with Crippen molar-refractivity contribution in [3.05, 3.63) is 61.2 Å². The fourth-order valence-electron chi connectivity index (χ4n) is 2.54. The van der Waals surface area contributed by atoms with E-state index in [9.17, 15) is 9.59 Å². The molecule has 148 valence electrons. The van der Waals surface area contributed by atoms with Crippen LogP contribution in [0, 0.1) is 0 Å². The predicted octanol–water partition coefficient (Wildman–Crippen LogP) is 4.02. The second-order valence-corrected chi connectivity index (χ2v) is 6.30. The summed E-state index contributed by atoms with van der Waals surface area (Å²) < 4.78 is 16.2. The van der Waals surface area contributed by atoms with Gasteiger partial charge in [0.05, 0.1) is 19.1 Å². The molecule has 0 fully saturated rings. The molecular formula is C22H30O5. The van der Waals surface area contributed by atoms with Crippen molar-refractivity contribution in [2.24, 2.45) is 0 Å². The van der Waals surface area contributed by atoms with E-state index in [1.165, 1.54) is 13.2 Å². The number of benzene rings is 1. The van der Waals surface area contributed by atoms with Crippen LogP contribution in [0.3, 0.4) is 0 Å². The lowest BCUT2D eigenvalue weighted by atomic mass is 10.1. The van der Waals surface area contributed by atoms with Gasteiger partial charge in [-0.25, -0.2) is 0 Å². The number of unbranched alkanes of at least 4 members (excludes halogenated alkanes) is 1. The van der Waals surface area contributed by atoms with Crippen molar-refractivity contribution in [1.29, 1.82) is 0 Å². The number of carbonyl (C=O) groups is 2. The van der Waals surface area contributed by atoms with Crippen molar-refractivity contribution in [1.82, 2.24) is 0 Å². The molecule has 0 heterocycles. The van der Waals surface area contributed by atoms with E-state index < -0.39 is 18.2 Å². The number of carbonyl (C=O) groups excluding carboxylic acids is 2. The summed E-state index contributed by atoms with van der Waals surface area (Å²) in [4.78, 5) is 24.7. The van der Waals surface area contributed by atoms with Crippen molar-refractivity contribution in [2.75, 3.05) is 7.11 Å². The summed E-state index contributed by atoms with van der Waals surface area (Å²) in [5.74, 6) is -0.813. The van der Waals surface area contributed by atoms with E-state index in [4.69, 9.17) is 14.2 Å². The number of ether oxygens (including phenoxy) is 3. The first-order valence-electron chi connectivity index (χ1n) is 9.16. The average molecular weight is 374 g/mol. The Kier molecular flexibility index (Phi) is 11.0. The first kappa shape index (κ1) is 22.8. The van der Waals surface area contributed by atoms with Gasteiger partial charge in [-0.1, -0.05) is 42.5 Å². The molecule has 27 heavy (non-hydrogen) atoms. The van der Waals surface area contributed by atoms with Crippen LogP contribution in [-0.2, 0) is 30.4 Å². The second-order valence-electron chi connectivity index (χ2n) is 6.30. The third-order valence-corrected chi connectivity index (χ3v) is 4.07. The Labute approximate surface area is 162 Å². The van der Waals surface area contributed by atoms with Crippen LogP contribution < -0.4 is 0 Å². The van der Waals surface area contributed by atoms with Gasteiger partial charge in [0.1, 0.15) is 12.2 Å². The molecule has 0 radical (unpaired) electrons. The van der Waals surface area contributed by atoms with Gasteiger partial charge < -0.3 is 14.2 Å². The molecule has 0 unspecified atom stereocenters. The van der Waals surface area contributed by atoms with Gasteiger partial charge in [0.15, 0.2) is 5.78 Å². The predicted molar refractivity (Wildman–Crippen MR) is 105 cm³/mol. The van der Waals surface area contributed by atoms with E-state index in [0.717, 1.165) is 24.8 Å². The molecule has 0 saturated carbocycles. The molecule has 3 atom stereocenters. The van der Waals surface area contributed by atoms with Gasteiger partial charge in [-0.05, 0) is 31.7 Å². The van der Waals surface area contributed by atoms with Gasteiger partial charge in [-0.15, -0.1) is 13.2 Å². The molecule has 0 N–H and O–H groups in total. The van der Waals surface area contributed by atoms with E-state index in [0.29, 0.717) is 0 Å². The molecule has 0 aliphatic carbocycles. The number of esters is 1. The molecule has 0 aliphatic rings. The second kappa shape index (κ2) is 13.0. The molecule has 0 saturated heterocycles. The quantitative estimate of drug-likeness (QED) is 0.280. The highest BCUT2D eigenvalue weighted by Crippen LogP contribution is 2.12. The Bertz CT molecular complexity index is 596. The zero-order valence-corrected chi connectivity index (χ0v) is 16.3. The molecule has 5 nitrogen and oxygen atoms in total. The van der Waals surface area contributed by atoms with Crippen LogP contribution >= 0.6 is 0 Å². The zero-order valence-electron chi connectivity index (χ0n) is 16.3. The van der Waals surface area contributed by atoms with Crippen LogP contribution in [0.25, 0.3) is 0 Å². The summed E-state index contributed by atoms with van der Waals surface area (Å²) in [5, 5.41) is 0. The topological polar surface area (TPSA) is 61.8 Å². The maximum absolute atomic E-state index is 12.6. The van der Waals surface area contributed by atoms with Crippen LogP contribution in [0.1, 0.15) is 38.2 Å². The number of Topliss-reactive ketones (excluding diaryl/α,β-unsaturated/α-hetero) is 1. The van der Waals surface area contributed by atoms with E-state index in [1.54, 1.807) is 0 Å². The summed E-state index contributed by atoms with van der Waals surface area (Å²) in [6.45, 7) is 9.42. The van der Waals surface area contributed by atoms with Crippen molar-refractivity contribution in [2.45, 2.75) is 57.5 Å². The highest BCUT2D eigenvalue weighted by Gasteiger charge is 2.29.